The molecule has 0 spiro atoms. The lowest BCUT2D eigenvalue weighted by atomic mass is 10.0. The number of para-hydroxylation sites is 1. The molecule has 1 aliphatic rings. The van der Waals surface area contributed by atoms with Crippen molar-refractivity contribution in [3.63, 3.8) is 0 Å². The largest absolute Gasteiger partial charge is 0.411 e. The highest BCUT2D eigenvalue weighted by molar-refractivity contribution is 5.72. The van der Waals surface area contributed by atoms with Crippen LogP contribution >= 0.6 is 0 Å². The molecule has 112 valence electrons. The van der Waals surface area contributed by atoms with Crippen molar-refractivity contribution in [1.29, 1.82) is 0 Å². The maximum Gasteiger partial charge on any atom is 0.411 e. The second-order valence-corrected chi connectivity index (χ2v) is 4.97. The number of aryl methyl sites for hydroxylation is 1. The zero-order valence-corrected chi connectivity index (χ0v) is 11.2. The fraction of sp³-hybridized carbons (Fsp3) is 0.571. The highest BCUT2D eigenvalue weighted by Crippen LogP contribution is 2.32. The molecule has 6 heteroatoms. The Bertz CT molecular complexity index is 449. The molecule has 0 saturated heterocycles. The smallest absolute Gasteiger partial charge is 0.397 e. The maximum absolute atomic E-state index is 11.9. The van der Waals surface area contributed by atoms with Crippen LogP contribution in [0.3, 0.4) is 0 Å². The van der Waals surface area contributed by atoms with Gasteiger partial charge in [-0.3, -0.25) is 0 Å². The number of rotatable bonds is 5. The zero-order valence-electron chi connectivity index (χ0n) is 11.2. The van der Waals surface area contributed by atoms with Crippen LogP contribution in [0.1, 0.15) is 18.4 Å². The molecule has 0 bridgehead atoms. The van der Waals surface area contributed by atoms with Gasteiger partial charge in [0.2, 0.25) is 0 Å². The Balaban J connectivity index is 1.83. The van der Waals surface area contributed by atoms with Crippen molar-refractivity contribution >= 4 is 11.4 Å². The number of halogens is 3. The Kier molecular flexibility index (Phi) is 4.75. The molecule has 0 aliphatic carbocycles. The highest BCUT2D eigenvalue weighted by Gasteiger charge is 2.27. The lowest BCUT2D eigenvalue weighted by Gasteiger charge is -2.32. The molecule has 0 amide bonds. The molecule has 0 fully saturated rings. The summed E-state index contributed by atoms with van der Waals surface area (Å²) in [6.45, 7) is 0.489. The quantitative estimate of drug-likeness (QED) is 0.668. The number of anilines is 2. The van der Waals surface area contributed by atoms with E-state index in [4.69, 9.17) is 5.73 Å². The van der Waals surface area contributed by atoms with Crippen molar-refractivity contribution in [2.45, 2.75) is 25.4 Å². The van der Waals surface area contributed by atoms with Crippen molar-refractivity contribution in [3.05, 3.63) is 23.8 Å². The van der Waals surface area contributed by atoms with Gasteiger partial charge in [-0.25, -0.2) is 0 Å². The molecule has 2 rings (SSSR count). The summed E-state index contributed by atoms with van der Waals surface area (Å²) in [5.41, 5.74) is 8.98. The lowest BCUT2D eigenvalue weighted by molar-refractivity contribution is -0.173. The number of alkyl halides is 3. The van der Waals surface area contributed by atoms with E-state index in [1.807, 2.05) is 12.1 Å². The normalized spacial score (nSPS) is 15.2. The minimum absolute atomic E-state index is 0.109. The van der Waals surface area contributed by atoms with Gasteiger partial charge >= 0.3 is 6.18 Å². The van der Waals surface area contributed by atoms with Gasteiger partial charge in [-0.2, -0.15) is 13.2 Å². The van der Waals surface area contributed by atoms with E-state index in [9.17, 15) is 13.2 Å². The van der Waals surface area contributed by atoms with Crippen LogP contribution in [0.2, 0.25) is 0 Å². The molecule has 1 heterocycles. The summed E-state index contributed by atoms with van der Waals surface area (Å²) in [6, 6.07) is 5.85. The first-order chi connectivity index (χ1) is 9.47. The van der Waals surface area contributed by atoms with Crippen molar-refractivity contribution in [2.75, 3.05) is 36.9 Å². The maximum atomic E-state index is 11.9. The summed E-state index contributed by atoms with van der Waals surface area (Å²) < 4.78 is 40.4. The van der Waals surface area contributed by atoms with Crippen LogP contribution in [0.5, 0.6) is 0 Å². The second-order valence-electron chi connectivity index (χ2n) is 4.97. The van der Waals surface area contributed by atoms with Gasteiger partial charge < -0.3 is 15.4 Å². The molecule has 0 radical (unpaired) electrons. The summed E-state index contributed by atoms with van der Waals surface area (Å²) in [5, 5.41) is 0. The van der Waals surface area contributed by atoms with Gasteiger partial charge in [0.05, 0.1) is 11.4 Å². The van der Waals surface area contributed by atoms with Crippen molar-refractivity contribution in [3.8, 4) is 0 Å². The third-order valence-electron chi connectivity index (χ3n) is 3.32. The summed E-state index contributed by atoms with van der Waals surface area (Å²) in [7, 11) is 0. The molecule has 1 aromatic carbocycles. The van der Waals surface area contributed by atoms with Gasteiger partial charge in [0.15, 0.2) is 0 Å². The number of hydrogen-bond acceptors (Lipinski definition) is 3. The Morgan fingerprint density at radius 2 is 2.10 bits per heavy atom. The van der Waals surface area contributed by atoms with E-state index in [2.05, 4.69) is 15.7 Å². The minimum Gasteiger partial charge on any atom is -0.397 e. The molecular formula is C14H19F3N2O. The standard InChI is InChI=1S/C14H19F3N2O/c15-14(16,17)10-20-9-3-8-19-7-2-5-11-4-1-6-12(18)13(11)19/h1,4,6H,2-3,5,7-10,18H2. The first kappa shape index (κ1) is 15.0. The number of nitrogen functional groups attached to an aromatic ring is 1. The van der Waals surface area contributed by atoms with Gasteiger partial charge in [0.1, 0.15) is 6.61 Å². The summed E-state index contributed by atoms with van der Waals surface area (Å²) in [6.07, 6.45) is -1.65. The number of hydrogen-bond donors (Lipinski definition) is 1. The Hall–Kier alpha value is -1.43. The average Bonchev–Trinajstić information content (AvgIpc) is 2.37. The predicted octanol–water partition coefficient (Wildman–Crippen LogP) is 2.99. The van der Waals surface area contributed by atoms with Gasteiger partial charge in [0, 0.05) is 19.7 Å². The van der Waals surface area contributed by atoms with Crippen LogP contribution in [0.4, 0.5) is 24.5 Å². The molecule has 1 aliphatic heterocycles. The molecular weight excluding hydrogens is 269 g/mol. The Morgan fingerprint density at radius 3 is 2.85 bits per heavy atom. The third kappa shape index (κ3) is 4.03. The summed E-state index contributed by atoms with van der Waals surface area (Å²) in [4.78, 5) is 2.14. The highest BCUT2D eigenvalue weighted by atomic mass is 19.4. The van der Waals surface area contributed by atoms with Crippen LogP contribution in [-0.4, -0.2) is 32.5 Å². The number of fused-ring (bicyclic) bond motifs is 1. The monoisotopic (exact) mass is 288 g/mol. The van der Waals surface area contributed by atoms with Crippen LogP contribution in [0.25, 0.3) is 0 Å². The molecule has 0 atom stereocenters. The number of nitrogens with two attached hydrogens (primary N) is 1. The average molecular weight is 288 g/mol. The van der Waals surface area contributed by atoms with E-state index >= 15 is 0 Å². The van der Waals surface area contributed by atoms with E-state index < -0.39 is 12.8 Å². The van der Waals surface area contributed by atoms with Crippen molar-refractivity contribution in [2.24, 2.45) is 0 Å². The number of benzene rings is 1. The zero-order chi connectivity index (χ0) is 14.6. The second kappa shape index (κ2) is 6.35. The lowest BCUT2D eigenvalue weighted by Crippen LogP contribution is -2.32. The molecule has 0 saturated carbocycles. The molecule has 1 aromatic rings. The Morgan fingerprint density at radius 1 is 1.30 bits per heavy atom. The SMILES string of the molecule is Nc1cccc2c1N(CCCOCC(F)(F)F)CCC2. The fourth-order valence-corrected chi connectivity index (χ4v) is 2.54. The molecule has 2 N–H and O–H groups in total. The summed E-state index contributed by atoms with van der Waals surface area (Å²) >= 11 is 0. The third-order valence-corrected chi connectivity index (χ3v) is 3.32. The van der Waals surface area contributed by atoms with E-state index in [-0.39, 0.29) is 6.61 Å². The molecule has 0 unspecified atom stereocenters. The van der Waals surface area contributed by atoms with Crippen molar-refractivity contribution < 1.29 is 17.9 Å². The number of ether oxygens (including phenoxy) is 1. The van der Waals surface area contributed by atoms with E-state index in [1.165, 1.54) is 5.56 Å². The van der Waals surface area contributed by atoms with Crippen LogP contribution in [0.15, 0.2) is 18.2 Å². The van der Waals surface area contributed by atoms with Crippen LogP contribution < -0.4 is 10.6 Å². The van der Waals surface area contributed by atoms with Gasteiger partial charge in [-0.1, -0.05) is 12.1 Å². The summed E-state index contributed by atoms with van der Waals surface area (Å²) in [5.74, 6) is 0. The van der Waals surface area contributed by atoms with E-state index in [0.717, 1.165) is 30.8 Å². The van der Waals surface area contributed by atoms with E-state index in [0.29, 0.717) is 13.0 Å². The van der Waals surface area contributed by atoms with Gasteiger partial charge in [0.25, 0.3) is 0 Å². The molecule has 0 aromatic heterocycles. The number of nitrogens with zero attached hydrogens (tertiary/aromatic N) is 1. The molecule has 3 nitrogen and oxygen atoms in total. The predicted molar refractivity (Wildman–Crippen MR) is 72.9 cm³/mol. The van der Waals surface area contributed by atoms with Gasteiger partial charge in [-0.05, 0) is 30.9 Å². The first-order valence-electron chi connectivity index (χ1n) is 6.74. The van der Waals surface area contributed by atoms with Crippen LogP contribution in [-0.2, 0) is 11.2 Å². The minimum atomic E-state index is -4.25. The molecule has 20 heavy (non-hydrogen) atoms. The van der Waals surface area contributed by atoms with Crippen molar-refractivity contribution in [1.82, 2.24) is 0 Å². The van der Waals surface area contributed by atoms with Gasteiger partial charge in [-0.15, -0.1) is 0 Å². The van der Waals surface area contributed by atoms with E-state index in [1.54, 1.807) is 0 Å². The fourth-order valence-electron chi connectivity index (χ4n) is 2.54. The Labute approximate surface area is 116 Å². The first-order valence-corrected chi connectivity index (χ1v) is 6.74. The van der Waals surface area contributed by atoms with Crippen LogP contribution in [0, 0.1) is 0 Å². The topological polar surface area (TPSA) is 38.5 Å².